The molecule has 2 unspecified atom stereocenters. The van der Waals surface area contributed by atoms with Gasteiger partial charge in [-0.15, -0.1) is 0 Å². The third kappa shape index (κ3) is 1.41. The van der Waals surface area contributed by atoms with Gasteiger partial charge in [0, 0.05) is 11.6 Å². The monoisotopic (exact) mass is 239 g/mol. The minimum Gasteiger partial charge on any atom is -0.305 e. The third-order valence-corrected chi connectivity index (χ3v) is 4.79. The van der Waals surface area contributed by atoms with Crippen LogP contribution in [0.25, 0.3) is 0 Å². The molecule has 1 N–H and O–H groups in total. The second-order valence-corrected chi connectivity index (χ2v) is 5.88. The van der Waals surface area contributed by atoms with E-state index in [-0.39, 0.29) is 15.9 Å². The van der Waals surface area contributed by atoms with Crippen LogP contribution in [0.1, 0.15) is 12.0 Å². The van der Waals surface area contributed by atoms with Gasteiger partial charge < -0.3 is 5.32 Å². The average molecular weight is 240 g/mol. The van der Waals surface area contributed by atoms with E-state index in [1.54, 1.807) is 0 Å². The molecule has 1 aromatic carbocycles. The van der Waals surface area contributed by atoms with Gasteiger partial charge in [0.05, 0.1) is 10.8 Å². The first kappa shape index (κ1) is 9.70. The van der Waals surface area contributed by atoms with Crippen molar-refractivity contribution in [3.05, 3.63) is 34.9 Å². The van der Waals surface area contributed by atoms with Crippen molar-refractivity contribution in [2.45, 2.75) is 17.2 Å². The predicted octanol–water partition coefficient (Wildman–Crippen LogP) is 2.17. The maximum atomic E-state index is 11.6. The van der Waals surface area contributed by atoms with Crippen molar-refractivity contribution in [2.24, 2.45) is 0 Å². The maximum Gasteiger partial charge on any atom is 0.206 e. The van der Waals surface area contributed by atoms with Crippen LogP contribution in [0.4, 0.5) is 0 Å². The standard InChI is InChI=1S/C11H10ClNOS/c12-8-3-1-7(2-4-8)11-5-9(13-6-11)10(14)15-11/h1-4,9,13H,5-6H2. The highest BCUT2D eigenvalue weighted by Gasteiger charge is 2.52. The van der Waals surface area contributed by atoms with E-state index in [2.05, 4.69) is 5.32 Å². The molecule has 0 aliphatic carbocycles. The molecule has 2 fully saturated rings. The highest BCUT2D eigenvalue weighted by atomic mass is 35.5. The Kier molecular flexibility index (Phi) is 2.09. The van der Waals surface area contributed by atoms with E-state index < -0.39 is 0 Å². The van der Waals surface area contributed by atoms with Crippen LogP contribution in [0.2, 0.25) is 5.02 Å². The number of hydrogen-bond acceptors (Lipinski definition) is 3. The minimum absolute atomic E-state index is 0.0354. The molecule has 0 spiro atoms. The number of benzene rings is 1. The van der Waals surface area contributed by atoms with Crippen molar-refractivity contribution < 1.29 is 4.79 Å². The summed E-state index contributed by atoms with van der Waals surface area (Å²) in [6.07, 6.45) is 0.915. The second kappa shape index (κ2) is 3.24. The molecule has 3 rings (SSSR count). The summed E-state index contributed by atoms with van der Waals surface area (Å²) in [6, 6.07) is 7.89. The average Bonchev–Trinajstić information content (AvgIpc) is 2.76. The van der Waals surface area contributed by atoms with Gasteiger partial charge in [0.25, 0.3) is 0 Å². The van der Waals surface area contributed by atoms with Gasteiger partial charge in [-0.25, -0.2) is 0 Å². The molecule has 2 saturated heterocycles. The molecular formula is C11H10ClNOS. The molecule has 15 heavy (non-hydrogen) atoms. The molecule has 78 valence electrons. The topological polar surface area (TPSA) is 29.1 Å². The van der Waals surface area contributed by atoms with Crippen LogP contribution in [0.3, 0.4) is 0 Å². The summed E-state index contributed by atoms with van der Waals surface area (Å²) >= 11 is 7.33. The molecule has 2 nitrogen and oxygen atoms in total. The lowest BCUT2D eigenvalue weighted by atomic mass is 9.96. The first-order valence-corrected chi connectivity index (χ1v) is 6.11. The summed E-state index contributed by atoms with van der Waals surface area (Å²) in [5.41, 5.74) is 1.21. The molecule has 0 radical (unpaired) electrons. The Labute approximate surface area is 97.4 Å². The van der Waals surface area contributed by atoms with Gasteiger partial charge >= 0.3 is 0 Å². The van der Waals surface area contributed by atoms with Crippen LogP contribution in [0.15, 0.2) is 24.3 Å². The summed E-state index contributed by atoms with van der Waals surface area (Å²) in [7, 11) is 0. The maximum absolute atomic E-state index is 11.6. The molecule has 4 heteroatoms. The fraction of sp³-hybridized carbons (Fsp3) is 0.364. The Hall–Kier alpha value is -0.510. The summed E-state index contributed by atoms with van der Waals surface area (Å²) < 4.78 is -0.0354. The van der Waals surface area contributed by atoms with Crippen LogP contribution in [-0.4, -0.2) is 17.7 Å². The number of carbonyl (C=O) groups excluding carboxylic acids is 1. The zero-order valence-electron chi connectivity index (χ0n) is 8.00. The van der Waals surface area contributed by atoms with E-state index >= 15 is 0 Å². The zero-order valence-corrected chi connectivity index (χ0v) is 9.57. The van der Waals surface area contributed by atoms with Crippen LogP contribution < -0.4 is 5.32 Å². The number of rotatable bonds is 1. The van der Waals surface area contributed by atoms with Gasteiger partial charge in [0.1, 0.15) is 0 Å². The van der Waals surface area contributed by atoms with Crippen molar-refractivity contribution in [1.82, 2.24) is 5.32 Å². The van der Waals surface area contributed by atoms with Gasteiger partial charge in [-0.05, 0) is 24.1 Å². The number of hydrogen-bond donors (Lipinski definition) is 1. The minimum atomic E-state index is -0.0354. The number of carbonyl (C=O) groups is 1. The summed E-state index contributed by atoms with van der Waals surface area (Å²) in [5.74, 6) is 0. The smallest absolute Gasteiger partial charge is 0.206 e. The second-order valence-electron chi connectivity index (χ2n) is 4.06. The van der Waals surface area contributed by atoms with Crippen molar-refractivity contribution in [1.29, 1.82) is 0 Å². The molecule has 2 aliphatic heterocycles. The molecule has 0 saturated carbocycles. The van der Waals surface area contributed by atoms with Crippen LogP contribution in [0.5, 0.6) is 0 Å². The molecular weight excluding hydrogens is 230 g/mol. The van der Waals surface area contributed by atoms with Crippen LogP contribution >= 0.6 is 23.4 Å². The largest absolute Gasteiger partial charge is 0.305 e. The first-order chi connectivity index (χ1) is 7.20. The molecule has 1 aromatic rings. The quantitative estimate of drug-likeness (QED) is 0.815. The van der Waals surface area contributed by atoms with E-state index in [1.807, 2.05) is 24.3 Å². The van der Waals surface area contributed by atoms with Gasteiger partial charge in [0.15, 0.2) is 0 Å². The van der Waals surface area contributed by atoms with Crippen molar-refractivity contribution in [3.63, 3.8) is 0 Å². The Morgan fingerprint density at radius 2 is 2.13 bits per heavy atom. The zero-order chi connectivity index (χ0) is 10.5. The molecule has 0 aromatic heterocycles. The van der Waals surface area contributed by atoms with Gasteiger partial charge in [0.2, 0.25) is 5.12 Å². The van der Waals surface area contributed by atoms with Crippen molar-refractivity contribution in [2.75, 3.05) is 6.54 Å². The lowest BCUT2D eigenvalue weighted by molar-refractivity contribution is -0.112. The molecule has 2 heterocycles. The summed E-state index contributed by atoms with van der Waals surface area (Å²) in [6.45, 7) is 0.885. The Balaban J connectivity index is 2.00. The van der Waals surface area contributed by atoms with E-state index in [0.29, 0.717) is 0 Å². The SMILES string of the molecule is O=C1SC2(c3ccc(Cl)cc3)CNC1C2. The van der Waals surface area contributed by atoms with E-state index in [4.69, 9.17) is 11.6 Å². The fourth-order valence-corrected chi connectivity index (χ4v) is 3.78. The van der Waals surface area contributed by atoms with Gasteiger partial charge in [-0.2, -0.15) is 0 Å². The Morgan fingerprint density at radius 1 is 1.40 bits per heavy atom. The first-order valence-electron chi connectivity index (χ1n) is 4.92. The molecule has 2 bridgehead atoms. The van der Waals surface area contributed by atoms with E-state index in [1.165, 1.54) is 17.3 Å². The van der Waals surface area contributed by atoms with E-state index in [9.17, 15) is 4.79 Å². The summed E-state index contributed by atoms with van der Waals surface area (Å²) in [5, 5.41) is 4.27. The lowest BCUT2D eigenvalue weighted by Gasteiger charge is -2.25. The Morgan fingerprint density at radius 3 is 2.67 bits per heavy atom. The number of nitrogens with one attached hydrogen (secondary N) is 1. The highest BCUT2D eigenvalue weighted by molar-refractivity contribution is 8.15. The molecule has 0 amide bonds. The fourth-order valence-electron chi connectivity index (χ4n) is 2.30. The number of fused-ring (bicyclic) bond motifs is 2. The Bertz CT molecular complexity index is 419. The predicted molar refractivity (Wildman–Crippen MR) is 62.1 cm³/mol. The lowest BCUT2D eigenvalue weighted by Crippen LogP contribution is -2.34. The van der Waals surface area contributed by atoms with Crippen molar-refractivity contribution >= 4 is 28.5 Å². The van der Waals surface area contributed by atoms with Crippen molar-refractivity contribution in [3.8, 4) is 0 Å². The van der Waals surface area contributed by atoms with Crippen LogP contribution in [0, 0.1) is 0 Å². The number of halogens is 1. The van der Waals surface area contributed by atoms with Gasteiger partial charge in [-0.1, -0.05) is 35.5 Å². The van der Waals surface area contributed by atoms with E-state index in [0.717, 1.165) is 18.0 Å². The van der Waals surface area contributed by atoms with Crippen LogP contribution in [-0.2, 0) is 9.54 Å². The third-order valence-electron chi connectivity index (χ3n) is 3.12. The van der Waals surface area contributed by atoms with Gasteiger partial charge in [-0.3, -0.25) is 4.79 Å². The summed E-state index contributed by atoms with van der Waals surface area (Å²) in [4.78, 5) is 11.6. The molecule has 2 aliphatic rings. The number of thioether (sulfide) groups is 1. The molecule has 2 atom stereocenters. The highest BCUT2D eigenvalue weighted by Crippen LogP contribution is 2.50. The normalized spacial score (nSPS) is 33.7.